The first-order valence-electron chi connectivity index (χ1n) is 4.53. The number of halogens is 3. The normalized spacial score (nSPS) is 16.1. The van der Waals surface area contributed by atoms with Crippen molar-refractivity contribution in [2.45, 2.75) is 25.2 Å². The number of hydrogen-bond acceptors (Lipinski definition) is 4. The molecule has 1 aromatic rings. The molecule has 5 nitrogen and oxygen atoms in total. The second kappa shape index (κ2) is 4.38. The van der Waals surface area contributed by atoms with Crippen LogP contribution >= 0.6 is 0 Å². The maximum atomic E-state index is 12.7. The van der Waals surface area contributed by atoms with E-state index < -0.39 is 11.7 Å². The minimum Gasteiger partial charge on any atom is -0.383 e. The third-order valence-electron chi connectivity index (χ3n) is 2.21. The first-order chi connectivity index (χ1) is 7.30. The van der Waals surface area contributed by atoms with E-state index in [-0.39, 0.29) is 19.0 Å². The summed E-state index contributed by atoms with van der Waals surface area (Å²) in [6.45, 7) is 1.35. The molecule has 0 bridgehead atoms. The van der Waals surface area contributed by atoms with Gasteiger partial charge in [-0.15, -0.1) is 10.2 Å². The van der Waals surface area contributed by atoms with Crippen LogP contribution in [0.25, 0.3) is 0 Å². The maximum absolute atomic E-state index is 12.7. The van der Waals surface area contributed by atoms with Gasteiger partial charge >= 0.3 is 6.18 Å². The highest BCUT2D eigenvalue weighted by Crippen LogP contribution is 2.34. The van der Waals surface area contributed by atoms with E-state index >= 15 is 0 Å². The second-order valence-corrected chi connectivity index (χ2v) is 3.54. The van der Waals surface area contributed by atoms with E-state index in [4.69, 9.17) is 10.5 Å². The van der Waals surface area contributed by atoms with E-state index in [1.807, 2.05) is 0 Å². The third-order valence-corrected chi connectivity index (χ3v) is 2.21. The van der Waals surface area contributed by atoms with Crippen LogP contribution in [0.5, 0.6) is 0 Å². The number of ether oxygens (including phenoxy) is 1. The van der Waals surface area contributed by atoms with Crippen molar-refractivity contribution in [3.63, 3.8) is 0 Å². The Kier molecular flexibility index (Phi) is 3.54. The molecule has 1 heterocycles. The molecule has 0 aliphatic rings. The lowest BCUT2D eigenvalue weighted by Crippen LogP contribution is -2.49. The van der Waals surface area contributed by atoms with Crippen molar-refractivity contribution in [1.29, 1.82) is 0 Å². The van der Waals surface area contributed by atoms with Crippen LogP contribution in [0.15, 0.2) is 6.33 Å². The van der Waals surface area contributed by atoms with Crippen LogP contribution in [0.1, 0.15) is 12.7 Å². The van der Waals surface area contributed by atoms with Crippen molar-refractivity contribution in [2.24, 2.45) is 5.73 Å². The molecule has 0 amide bonds. The SMILES string of the molecule is COCCn1cnnc1C(C)(N)C(F)(F)F. The van der Waals surface area contributed by atoms with Crippen LogP contribution in [0.3, 0.4) is 0 Å². The first kappa shape index (κ1) is 12.9. The Hall–Kier alpha value is -1.15. The fourth-order valence-corrected chi connectivity index (χ4v) is 1.14. The van der Waals surface area contributed by atoms with Crippen LogP contribution < -0.4 is 5.73 Å². The molecule has 92 valence electrons. The van der Waals surface area contributed by atoms with Crippen molar-refractivity contribution in [1.82, 2.24) is 14.8 Å². The van der Waals surface area contributed by atoms with Crippen molar-refractivity contribution in [2.75, 3.05) is 13.7 Å². The Morgan fingerprint density at radius 3 is 2.62 bits per heavy atom. The zero-order chi connectivity index (χ0) is 12.4. The largest absolute Gasteiger partial charge is 0.413 e. The molecule has 2 N–H and O–H groups in total. The lowest BCUT2D eigenvalue weighted by atomic mass is 10.0. The molecule has 16 heavy (non-hydrogen) atoms. The summed E-state index contributed by atoms with van der Waals surface area (Å²) in [6.07, 6.45) is -3.38. The molecule has 8 heteroatoms. The van der Waals surface area contributed by atoms with Gasteiger partial charge in [0, 0.05) is 13.7 Å². The Morgan fingerprint density at radius 2 is 2.12 bits per heavy atom. The zero-order valence-corrected chi connectivity index (χ0v) is 8.95. The molecule has 0 aliphatic heterocycles. The summed E-state index contributed by atoms with van der Waals surface area (Å²) >= 11 is 0. The zero-order valence-electron chi connectivity index (χ0n) is 8.95. The topological polar surface area (TPSA) is 66.0 Å². The Morgan fingerprint density at radius 1 is 1.50 bits per heavy atom. The van der Waals surface area contributed by atoms with Gasteiger partial charge in [0.15, 0.2) is 11.4 Å². The molecule has 0 spiro atoms. The highest BCUT2D eigenvalue weighted by Gasteiger charge is 2.52. The van der Waals surface area contributed by atoms with E-state index in [1.54, 1.807) is 0 Å². The van der Waals surface area contributed by atoms with Crippen LogP contribution in [-0.2, 0) is 16.8 Å². The predicted octanol–water partition coefficient (Wildman–Crippen LogP) is 0.661. The number of aromatic nitrogens is 3. The van der Waals surface area contributed by atoms with Crippen LogP contribution in [0.4, 0.5) is 13.2 Å². The Bertz CT molecular complexity index is 347. The number of alkyl halides is 3. The highest BCUT2D eigenvalue weighted by atomic mass is 19.4. The molecule has 0 radical (unpaired) electrons. The lowest BCUT2D eigenvalue weighted by Gasteiger charge is -2.26. The van der Waals surface area contributed by atoms with Gasteiger partial charge in [-0.3, -0.25) is 0 Å². The molecule has 0 saturated carbocycles. The number of methoxy groups -OCH3 is 1. The monoisotopic (exact) mass is 238 g/mol. The van der Waals surface area contributed by atoms with Crippen molar-refractivity contribution in [3.8, 4) is 0 Å². The average molecular weight is 238 g/mol. The average Bonchev–Trinajstić information content (AvgIpc) is 2.61. The van der Waals surface area contributed by atoms with E-state index in [2.05, 4.69) is 10.2 Å². The number of hydrogen-bond donors (Lipinski definition) is 1. The highest BCUT2D eigenvalue weighted by molar-refractivity contribution is 5.07. The summed E-state index contributed by atoms with van der Waals surface area (Å²) in [7, 11) is 1.45. The van der Waals surface area contributed by atoms with Gasteiger partial charge in [-0.2, -0.15) is 13.2 Å². The minimum atomic E-state index is -4.58. The van der Waals surface area contributed by atoms with E-state index in [0.717, 1.165) is 6.92 Å². The molecule has 0 aliphatic carbocycles. The van der Waals surface area contributed by atoms with E-state index in [9.17, 15) is 13.2 Å². The quantitative estimate of drug-likeness (QED) is 0.836. The fourth-order valence-electron chi connectivity index (χ4n) is 1.14. The second-order valence-electron chi connectivity index (χ2n) is 3.54. The summed E-state index contributed by atoms with van der Waals surface area (Å²) in [5, 5.41) is 6.85. The maximum Gasteiger partial charge on any atom is 0.413 e. The lowest BCUT2D eigenvalue weighted by molar-refractivity contribution is -0.187. The molecule has 0 fully saturated rings. The molecule has 1 aromatic heterocycles. The minimum absolute atomic E-state index is 0.224. The van der Waals surface area contributed by atoms with Crippen LogP contribution in [0.2, 0.25) is 0 Å². The third kappa shape index (κ3) is 2.33. The van der Waals surface area contributed by atoms with Crippen molar-refractivity contribution < 1.29 is 17.9 Å². The smallest absolute Gasteiger partial charge is 0.383 e. The summed E-state index contributed by atoms with van der Waals surface area (Å²) in [4.78, 5) is 0. The molecular weight excluding hydrogens is 225 g/mol. The van der Waals surface area contributed by atoms with Crippen molar-refractivity contribution in [3.05, 3.63) is 12.2 Å². The van der Waals surface area contributed by atoms with Gasteiger partial charge in [0.2, 0.25) is 0 Å². The fraction of sp³-hybridized carbons (Fsp3) is 0.750. The summed E-state index contributed by atoms with van der Waals surface area (Å²) in [5.74, 6) is -0.322. The summed E-state index contributed by atoms with van der Waals surface area (Å²) in [6, 6.07) is 0. The molecule has 1 rings (SSSR count). The van der Waals surface area contributed by atoms with Gasteiger partial charge in [0.1, 0.15) is 6.33 Å². The van der Waals surface area contributed by atoms with Crippen LogP contribution in [0, 0.1) is 0 Å². The Balaban J connectivity index is 2.99. The summed E-state index contributed by atoms with van der Waals surface area (Å²) < 4.78 is 44.0. The molecule has 0 saturated heterocycles. The van der Waals surface area contributed by atoms with E-state index in [0.29, 0.717) is 0 Å². The molecule has 0 aromatic carbocycles. The van der Waals surface area contributed by atoms with Gasteiger partial charge in [0.25, 0.3) is 0 Å². The molecule has 1 unspecified atom stereocenters. The van der Waals surface area contributed by atoms with Crippen molar-refractivity contribution >= 4 is 0 Å². The molecular formula is C8H13F3N4O. The first-order valence-corrected chi connectivity index (χ1v) is 4.53. The Labute approximate surface area is 90.4 Å². The standard InChI is InChI=1S/C8H13F3N4O/c1-7(12,8(9,10)11)6-14-13-5-15(6)3-4-16-2/h5H,3-4,12H2,1-2H3. The van der Waals surface area contributed by atoms with Crippen LogP contribution in [-0.4, -0.2) is 34.7 Å². The predicted molar refractivity (Wildman–Crippen MR) is 49.5 cm³/mol. The number of rotatable bonds is 4. The van der Waals surface area contributed by atoms with Gasteiger partial charge in [-0.05, 0) is 6.92 Å². The molecule has 1 atom stereocenters. The summed E-state index contributed by atoms with van der Waals surface area (Å²) in [5.41, 5.74) is 2.73. The number of nitrogens with zero attached hydrogens (tertiary/aromatic N) is 3. The van der Waals surface area contributed by atoms with Gasteiger partial charge in [0.05, 0.1) is 6.61 Å². The van der Waals surface area contributed by atoms with E-state index in [1.165, 1.54) is 18.0 Å². The van der Waals surface area contributed by atoms with Gasteiger partial charge in [-0.1, -0.05) is 0 Å². The van der Waals surface area contributed by atoms with Gasteiger partial charge in [-0.25, -0.2) is 0 Å². The van der Waals surface area contributed by atoms with Gasteiger partial charge < -0.3 is 15.0 Å². The number of nitrogens with two attached hydrogens (primary N) is 1.